The lowest BCUT2D eigenvalue weighted by Gasteiger charge is -2.46. The summed E-state index contributed by atoms with van der Waals surface area (Å²) in [5, 5.41) is 9.44. The van der Waals surface area contributed by atoms with Gasteiger partial charge in [0.15, 0.2) is 0 Å². The number of allylic oxidation sites excluding steroid dienone is 3. The summed E-state index contributed by atoms with van der Waals surface area (Å²) >= 11 is 0. The highest BCUT2D eigenvalue weighted by molar-refractivity contribution is 5.22. The lowest BCUT2D eigenvalue weighted by molar-refractivity contribution is -0.00981. The maximum atomic E-state index is 15.5. The van der Waals surface area contributed by atoms with Crippen LogP contribution in [0.3, 0.4) is 0 Å². The molecule has 3 aliphatic rings. The first-order valence-electron chi connectivity index (χ1n) is 8.94. The van der Waals surface area contributed by atoms with E-state index in [1.807, 2.05) is 18.2 Å². The number of nitrogens with zero attached hydrogens (tertiary/aromatic N) is 1. The molecule has 0 aromatic carbocycles. The number of nitrogens with two attached hydrogens (primary N) is 1. The van der Waals surface area contributed by atoms with Crippen LogP contribution >= 0.6 is 0 Å². The van der Waals surface area contributed by atoms with Gasteiger partial charge < -0.3 is 5.73 Å². The molecular formula is C19H26F2N2. The summed E-state index contributed by atoms with van der Waals surface area (Å²) in [7, 11) is 0. The fraction of sp³-hybridized carbons (Fsp3) is 0.737. The number of hydrogen-bond donors (Lipinski definition) is 1. The Bertz CT molecular complexity index is 522. The first-order chi connectivity index (χ1) is 11.1. The van der Waals surface area contributed by atoms with Gasteiger partial charge in [0.1, 0.15) is 12.3 Å². The van der Waals surface area contributed by atoms with Crippen molar-refractivity contribution in [2.75, 3.05) is 0 Å². The van der Waals surface area contributed by atoms with Crippen molar-refractivity contribution in [1.82, 2.24) is 0 Å². The van der Waals surface area contributed by atoms with Gasteiger partial charge in [-0.05, 0) is 50.9 Å². The van der Waals surface area contributed by atoms with Crippen LogP contribution in [0.15, 0.2) is 23.8 Å². The zero-order valence-electron chi connectivity index (χ0n) is 13.5. The van der Waals surface area contributed by atoms with Crippen LogP contribution in [0.2, 0.25) is 0 Å². The van der Waals surface area contributed by atoms with Crippen LogP contribution in [0.4, 0.5) is 8.78 Å². The molecule has 0 spiro atoms. The number of hydrogen-bond acceptors (Lipinski definition) is 2. The minimum Gasteiger partial charge on any atom is -0.325 e. The molecule has 1 fully saturated rings. The van der Waals surface area contributed by atoms with E-state index in [4.69, 9.17) is 5.73 Å². The zero-order valence-corrected chi connectivity index (χ0v) is 13.5. The quantitative estimate of drug-likeness (QED) is 0.774. The summed E-state index contributed by atoms with van der Waals surface area (Å²) in [5.74, 6) is -2.11. The Morgan fingerprint density at radius 1 is 1.13 bits per heavy atom. The van der Waals surface area contributed by atoms with Crippen LogP contribution in [0.25, 0.3) is 0 Å². The van der Waals surface area contributed by atoms with Gasteiger partial charge in [0, 0.05) is 17.9 Å². The average molecular weight is 320 g/mol. The number of rotatable bonds is 2. The van der Waals surface area contributed by atoms with E-state index in [9.17, 15) is 9.65 Å². The Kier molecular flexibility index (Phi) is 5.16. The van der Waals surface area contributed by atoms with E-state index in [1.54, 1.807) is 0 Å². The molecule has 0 amide bonds. The normalized spacial score (nSPS) is 44.4. The summed E-state index contributed by atoms with van der Waals surface area (Å²) in [4.78, 5) is 0. The SMILES string of the molecule is N#CC1C(F)C(N)C(C2=CCCCC2)C(F)C1C1C=CCCC1. The van der Waals surface area contributed by atoms with Crippen LogP contribution in [0, 0.1) is 35.0 Å². The first-order valence-corrected chi connectivity index (χ1v) is 8.94. The molecule has 3 rings (SSSR count). The number of halogens is 2. The van der Waals surface area contributed by atoms with Gasteiger partial charge in [-0.2, -0.15) is 5.26 Å². The lowest BCUT2D eigenvalue weighted by atomic mass is 9.61. The average Bonchev–Trinajstić information content (AvgIpc) is 2.59. The van der Waals surface area contributed by atoms with Crippen molar-refractivity contribution in [3.05, 3.63) is 23.8 Å². The van der Waals surface area contributed by atoms with Gasteiger partial charge in [-0.25, -0.2) is 8.78 Å². The summed E-state index contributed by atoms with van der Waals surface area (Å²) in [6, 6.07) is 1.14. The van der Waals surface area contributed by atoms with Crippen LogP contribution in [0.1, 0.15) is 44.9 Å². The molecule has 1 saturated carbocycles. The van der Waals surface area contributed by atoms with Crippen molar-refractivity contribution in [3.63, 3.8) is 0 Å². The van der Waals surface area contributed by atoms with Crippen molar-refractivity contribution in [2.24, 2.45) is 29.4 Å². The molecule has 3 aliphatic carbocycles. The summed E-state index contributed by atoms with van der Waals surface area (Å²) in [5.41, 5.74) is 7.06. The molecule has 2 nitrogen and oxygen atoms in total. The van der Waals surface area contributed by atoms with E-state index in [1.165, 1.54) is 0 Å². The van der Waals surface area contributed by atoms with Gasteiger partial charge in [0.2, 0.25) is 0 Å². The van der Waals surface area contributed by atoms with Crippen molar-refractivity contribution < 1.29 is 8.78 Å². The van der Waals surface area contributed by atoms with E-state index in [2.05, 4.69) is 6.08 Å². The Morgan fingerprint density at radius 3 is 2.57 bits per heavy atom. The van der Waals surface area contributed by atoms with Crippen molar-refractivity contribution in [2.45, 2.75) is 63.3 Å². The second-order valence-corrected chi connectivity index (χ2v) is 7.27. The molecule has 7 atom stereocenters. The Hall–Kier alpha value is -1.21. The molecule has 0 aromatic rings. The molecule has 126 valence electrons. The highest BCUT2D eigenvalue weighted by Gasteiger charge is 2.53. The first kappa shape index (κ1) is 16.6. The topological polar surface area (TPSA) is 49.8 Å². The molecule has 0 radical (unpaired) electrons. The highest BCUT2D eigenvalue weighted by atomic mass is 19.1. The smallest absolute Gasteiger partial charge is 0.132 e. The minimum absolute atomic E-state index is 0.0409. The van der Waals surface area contributed by atoms with Gasteiger partial charge in [-0.15, -0.1) is 0 Å². The molecule has 7 unspecified atom stereocenters. The number of alkyl halides is 2. The third kappa shape index (κ3) is 3.08. The summed E-state index contributed by atoms with van der Waals surface area (Å²) in [6.07, 6.45) is 10.1. The van der Waals surface area contributed by atoms with Crippen molar-refractivity contribution in [3.8, 4) is 6.07 Å². The maximum absolute atomic E-state index is 15.5. The fourth-order valence-electron chi connectivity index (χ4n) is 4.74. The maximum Gasteiger partial charge on any atom is 0.132 e. The summed E-state index contributed by atoms with van der Waals surface area (Å²) in [6.45, 7) is 0. The van der Waals surface area contributed by atoms with Gasteiger partial charge in [-0.1, -0.05) is 23.8 Å². The summed E-state index contributed by atoms with van der Waals surface area (Å²) < 4.78 is 30.3. The van der Waals surface area contributed by atoms with Gasteiger partial charge in [0.25, 0.3) is 0 Å². The minimum atomic E-state index is -1.44. The van der Waals surface area contributed by atoms with Crippen molar-refractivity contribution >= 4 is 0 Å². The predicted octanol–water partition coefficient (Wildman–Crippen LogP) is 4.23. The fourth-order valence-corrected chi connectivity index (χ4v) is 4.74. The van der Waals surface area contributed by atoms with Gasteiger partial charge >= 0.3 is 0 Å². The molecule has 0 aliphatic heterocycles. The Balaban J connectivity index is 1.92. The van der Waals surface area contributed by atoms with E-state index in [-0.39, 0.29) is 5.92 Å². The molecule has 4 heteroatoms. The van der Waals surface area contributed by atoms with E-state index >= 15 is 4.39 Å². The lowest BCUT2D eigenvalue weighted by Crippen LogP contribution is -2.58. The monoisotopic (exact) mass is 320 g/mol. The second-order valence-electron chi connectivity index (χ2n) is 7.27. The second kappa shape index (κ2) is 7.13. The van der Waals surface area contributed by atoms with E-state index < -0.39 is 36.1 Å². The Morgan fingerprint density at radius 2 is 1.96 bits per heavy atom. The van der Waals surface area contributed by atoms with E-state index in [0.717, 1.165) is 50.5 Å². The van der Waals surface area contributed by atoms with Gasteiger partial charge in [-0.3, -0.25) is 0 Å². The van der Waals surface area contributed by atoms with Gasteiger partial charge in [0.05, 0.1) is 12.0 Å². The van der Waals surface area contributed by atoms with Crippen LogP contribution in [-0.4, -0.2) is 18.4 Å². The highest BCUT2D eigenvalue weighted by Crippen LogP contribution is 2.47. The largest absolute Gasteiger partial charge is 0.325 e. The molecule has 0 saturated heterocycles. The molecule has 0 heterocycles. The molecule has 0 bridgehead atoms. The van der Waals surface area contributed by atoms with Crippen molar-refractivity contribution in [1.29, 1.82) is 5.26 Å². The third-order valence-corrected chi connectivity index (χ3v) is 5.94. The molecule has 0 aromatic heterocycles. The molecule has 2 N–H and O–H groups in total. The Labute approximate surface area is 137 Å². The third-order valence-electron chi connectivity index (χ3n) is 5.94. The zero-order chi connectivity index (χ0) is 16.4. The molecule has 23 heavy (non-hydrogen) atoms. The standard InChI is InChI=1S/C19H26F2N2/c20-17-14(11-22)15(12-7-3-1-4-8-12)18(21)16(19(17)23)13-9-5-2-6-10-13/h3,7,9,12,14-19H,1-2,4-6,8,10,23H2. The van der Waals surface area contributed by atoms with Crippen LogP contribution in [0.5, 0.6) is 0 Å². The number of nitriles is 1. The van der Waals surface area contributed by atoms with Crippen LogP contribution in [-0.2, 0) is 0 Å². The predicted molar refractivity (Wildman–Crippen MR) is 86.9 cm³/mol. The van der Waals surface area contributed by atoms with E-state index in [0.29, 0.717) is 0 Å². The van der Waals surface area contributed by atoms with Crippen LogP contribution < -0.4 is 5.73 Å². The molecular weight excluding hydrogens is 294 g/mol.